The normalized spacial score (nSPS) is 17.0. The van der Waals surface area contributed by atoms with Crippen LogP contribution in [0.15, 0.2) is 29.3 Å². The van der Waals surface area contributed by atoms with Gasteiger partial charge in [-0.25, -0.2) is 0 Å². The van der Waals surface area contributed by atoms with Gasteiger partial charge in [-0.15, -0.1) is 0 Å². The molecule has 58 heavy (non-hydrogen) atoms. The van der Waals surface area contributed by atoms with Crippen LogP contribution in [0.5, 0.6) is 5.75 Å². The second-order valence-corrected chi connectivity index (χ2v) is 18.0. The number of carbonyl (C=O) groups excluding carboxylic acids is 6. The molecule has 0 aliphatic carbocycles. The van der Waals surface area contributed by atoms with Crippen molar-refractivity contribution in [3.63, 3.8) is 0 Å². The number of nitrogens with zero attached hydrogens (tertiary/aromatic N) is 3. The number of hydrogen-bond donors (Lipinski definition) is 7. The number of amides is 5. The molecule has 0 radical (unpaired) electrons. The van der Waals surface area contributed by atoms with E-state index < -0.39 is 65.2 Å². The van der Waals surface area contributed by atoms with Crippen molar-refractivity contribution in [2.45, 2.75) is 123 Å². The minimum absolute atomic E-state index is 0.000679. The first kappa shape index (κ1) is 49.2. The molecule has 6 atom stereocenters. The van der Waals surface area contributed by atoms with Gasteiger partial charge in [0.05, 0.1) is 39.7 Å². The highest BCUT2D eigenvalue weighted by Crippen LogP contribution is 2.23. The number of likely N-dealkylation sites (tertiary alicyclic amines) is 1. The minimum Gasteiger partial charge on any atom is -0.548 e. The van der Waals surface area contributed by atoms with Gasteiger partial charge in [0.25, 0.3) is 0 Å². The average molecular weight is 816 g/mol. The summed E-state index contributed by atoms with van der Waals surface area (Å²) >= 11 is 0. The Morgan fingerprint density at radius 3 is 2.05 bits per heavy atom. The van der Waals surface area contributed by atoms with E-state index >= 15 is 0 Å². The summed E-state index contributed by atoms with van der Waals surface area (Å²) in [6.07, 6.45) is 2.92. The molecule has 1 aromatic carbocycles. The molecule has 0 aromatic heterocycles. The molecule has 1 aromatic rings. The van der Waals surface area contributed by atoms with Crippen molar-refractivity contribution < 1.29 is 43.5 Å². The molecule has 2 rings (SSSR count). The van der Waals surface area contributed by atoms with Crippen LogP contribution in [0, 0.1) is 17.3 Å². The zero-order chi connectivity index (χ0) is 44.0. The molecule has 0 saturated carbocycles. The maximum atomic E-state index is 14.2. The number of hydrogen-bond acceptors (Lipinski definition) is 9. The molecule has 17 heteroatoms. The van der Waals surface area contributed by atoms with Crippen LogP contribution in [0.3, 0.4) is 0 Å². The third-order valence-corrected chi connectivity index (χ3v) is 10.0. The number of carbonyl (C=O) groups is 6. The Balaban J connectivity index is 2.37. The van der Waals surface area contributed by atoms with Crippen LogP contribution in [-0.4, -0.2) is 127 Å². The number of phenols is 1. The predicted octanol–water partition coefficient (Wildman–Crippen LogP) is -0.117. The number of aliphatic imine (C=N–C) groups is 1. The molecule has 17 nitrogen and oxygen atoms in total. The maximum absolute atomic E-state index is 14.2. The van der Waals surface area contributed by atoms with E-state index in [1.807, 2.05) is 20.8 Å². The van der Waals surface area contributed by atoms with Gasteiger partial charge >= 0.3 is 0 Å². The summed E-state index contributed by atoms with van der Waals surface area (Å²) < 4.78 is 0.756. The van der Waals surface area contributed by atoms with Crippen molar-refractivity contribution in [2.24, 2.45) is 33.7 Å². The minimum atomic E-state index is -1.45. The Morgan fingerprint density at radius 1 is 0.879 bits per heavy atom. The molecule has 0 bridgehead atoms. The number of nitrogens with one attached hydrogen (secondary N) is 4. The van der Waals surface area contributed by atoms with E-state index in [0.29, 0.717) is 31.2 Å². The Morgan fingerprint density at radius 2 is 1.50 bits per heavy atom. The van der Waals surface area contributed by atoms with Crippen LogP contribution in [0.25, 0.3) is 0 Å². The number of nitrogens with two attached hydrogens (primary N) is 2. The fourth-order valence-corrected chi connectivity index (χ4v) is 6.78. The quantitative estimate of drug-likeness (QED) is 0.0353. The number of aliphatic carboxylic acids is 1. The van der Waals surface area contributed by atoms with Crippen LogP contribution in [0.2, 0.25) is 0 Å². The average Bonchev–Trinajstić information content (AvgIpc) is 3.60. The summed E-state index contributed by atoms with van der Waals surface area (Å²) in [5.41, 5.74) is 10.7. The van der Waals surface area contributed by atoms with Gasteiger partial charge in [-0.05, 0) is 74.0 Å². The molecule has 0 spiro atoms. The van der Waals surface area contributed by atoms with Crippen LogP contribution in [0.1, 0.15) is 92.1 Å². The number of rotatable bonds is 22. The lowest BCUT2D eigenvalue weighted by molar-refractivity contribution is -0.870. The SMILES string of the molecule is CC(C)C[C@H](NC(=O)[C@@H](NC(=O)[C@H](Cc1ccc(O)cc1)NC(=O)[C@@H]1CCCN1C(=O)[C@H](CCCN=C(N)N)NC(=O)[C@@H](C)CCC[N+](C)(C)C)C(C)(C)C)C(=O)[O-]. The molecular weight excluding hydrogens is 747 g/mol. The molecule has 0 unspecified atom stereocenters. The van der Waals surface area contributed by atoms with E-state index in [1.54, 1.807) is 32.9 Å². The van der Waals surface area contributed by atoms with Gasteiger partial charge in [-0.3, -0.25) is 29.0 Å². The first-order valence-corrected chi connectivity index (χ1v) is 20.3. The molecule has 9 N–H and O–H groups in total. The molecule has 1 aliphatic rings. The standard InChI is InChI=1S/C41H69N9O8/c1-25(2)23-31(39(57)58)47-37(55)33(41(4,5)6)48-35(53)30(24-27-16-18-28(51)19-17-27)46-36(54)32-15-11-21-49(32)38(56)29(14-10-20-44-40(42)43)45-34(52)26(3)13-12-22-50(7,8)9/h16-19,25-26,29-33H,10-15,20-24H2,1-9H3,(H9-,42,43,44,45,46,47,48,51,52,53,54,55,57,58)/t26-,29-,30-,31-,32-,33+/m0/s1. The summed E-state index contributed by atoms with van der Waals surface area (Å²) in [6.45, 7) is 11.9. The monoisotopic (exact) mass is 816 g/mol. The predicted molar refractivity (Wildman–Crippen MR) is 219 cm³/mol. The molecule has 1 fully saturated rings. The second-order valence-electron chi connectivity index (χ2n) is 18.0. The first-order valence-electron chi connectivity index (χ1n) is 20.3. The number of carboxylic acid groups (broad SMARTS) is 1. The summed E-state index contributed by atoms with van der Waals surface area (Å²) in [6, 6.07) is 0.391. The lowest BCUT2D eigenvalue weighted by Crippen LogP contribution is -2.62. The van der Waals surface area contributed by atoms with Crippen molar-refractivity contribution in [1.82, 2.24) is 26.2 Å². The van der Waals surface area contributed by atoms with E-state index in [0.717, 1.165) is 17.4 Å². The summed E-state index contributed by atoms with van der Waals surface area (Å²) in [4.78, 5) is 86.7. The summed E-state index contributed by atoms with van der Waals surface area (Å²) in [7, 11) is 6.23. The van der Waals surface area contributed by atoms with Crippen LogP contribution < -0.4 is 37.8 Å². The molecule has 326 valence electrons. The van der Waals surface area contributed by atoms with E-state index in [1.165, 1.54) is 17.0 Å². The fraction of sp³-hybridized carbons (Fsp3) is 0.683. The van der Waals surface area contributed by atoms with E-state index in [9.17, 15) is 39.0 Å². The largest absolute Gasteiger partial charge is 0.548 e. The summed E-state index contributed by atoms with van der Waals surface area (Å²) in [5, 5.41) is 32.7. The van der Waals surface area contributed by atoms with Crippen molar-refractivity contribution in [2.75, 3.05) is 40.8 Å². The van der Waals surface area contributed by atoms with Crippen molar-refractivity contribution in [3.05, 3.63) is 29.8 Å². The van der Waals surface area contributed by atoms with Gasteiger partial charge in [-0.2, -0.15) is 0 Å². The smallest absolute Gasteiger partial charge is 0.245 e. The maximum Gasteiger partial charge on any atom is 0.245 e. The summed E-state index contributed by atoms with van der Waals surface area (Å²) in [5.74, 6) is -4.74. The Hall–Kier alpha value is -4.93. The highest BCUT2D eigenvalue weighted by Gasteiger charge is 2.40. The van der Waals surface area contributed by atoms with Gasteiger partial charge in [0.1, 0.15) is 29.9 Å². The van der Waals surface area contributed by atoms with E-state index in [4.69, 9.17) is 11.5 Å². The van der Waals surface area contributed by atoms with Gasteiger partial charge in [-0.1, -0.05) is 53.7 Å². The lowest BCUT2D eigenvalue weighted by Gasteiger charge is -2.34. The number of phenolic OH excluding ortho intramolecular Hbond substituents is 1. The van der Waals surface area contributed by atoms with Crippen LogP contribution in [0.4, 0.5) is 0 Å². The van der Waals surface area contributed by atoms with Crippen molar-refractivity contribution >= 4 is 41.5 Å². The van der Waals surface area contributed by atoms with Crippen molar-refractivity contribution in [1.29, 1.82) is 0 Å². The van der Waals surface area contributed by atoms with Gasteiger partial charge in [0.2, 0.25) is 29.5 Å². The molecular formula is C41H69N9O8. The van der Waals surface area contributed by atoms with E-state index in [-0.39, 0.29) is 61.8 Å². The highest BCUT2D eigenvalue weighted by atomic mass is 16.4. The van der Waals surface area contributed by atoms with E-state index in [2.05, 4.69) is 47.4 Å². The first-order chi connectivity index (χ1) is 26.9. The third kappa shape index (κ3) is 16.9. The molecule has 1 aliphatic heterocycles. The molecule has 1 heterocycles. The van der Waals surface area contributed by atoms with Gasteiger partial charge < -0.3 is 57.1 Å². The number of guanidine groups is 1. The highest BCUT2D eigenvalue weighted by molar-refractivity contribution is 5.96. The Kier molecular flexibility index (Phi) is 18.9. The Bertz CT molecular complexity index is 1580. The zero-order valence-electron chi connectivity index (χ0n) is 35.9. The number of carboxylic acids is 1. The number of quaternary nitrogens is 1. The topological polar surface area (TPSA) is 261 Å². The number of aromatic hydroxyl groups is 1. The third-order valence-electron chi connectivity index (χ3n) is 10.0. The second kappa shape index (κ2) is 22.3. The lowest BCUT2D eigenvalue weighted by atomic mass is 9.85. The van der Waals surface area contributed by atoms with Crippen LogP contribution >= 0.6 is 0 Å². The fourth-order valence-electron chi connectivity index (χ4n) is 6.78. The van der Waals surface area contributed by atoms with Crippen molar-refractivity contribution in [3.8, 4) is 5.75 Å². The Labute approximate surface area is 343 Å². The van der Waals surface area contributed by atoms with Crippen LogP contribution in [-0.2, 0) is 35.2 Å². The molecule has 1 saturated heterocycles. The number of benzene rings is 1. The zero-order valence-corrected chi connectivity index (χ0v) is 35.9. The molecule has 5 amide bonds. The van der Waals surface area contributed by atoms with Gasteiger partial charge in [0.15, 0.2) is 5.96 Å². The van der Waals surface area contributed by atoms with Gasteiger partial charge in [0, 0.05) is 25.4 Å².